The first-order valence-corrected chi connectivity index (χ1v) is 13.6. The lowest BCUT2D eigenvalue weighted by atomic mass is 10.1. The monoisotopic (exact) mass is 532 g/mol. The second-order valence-electron chi connectivity index (χ2n) is 9.44. The Labute approximate surface area is 222 Å². The molecular weight excluding hydrogens is 504 g/mol. The molecule has 2 aliphatic rings. The van der Waals surface area contributed by atoms with Gasteiger partial charge in [-0.2, -0.15) is 0 Å². The molecule has 0 aliphatic carbocycles. The average molecular weight is 533 g/mol. The third kappa shape index (κ3) is 4.25. The van der Waals surface area contributed by atoms with Crippen molar-refractivity contribution in [3.05, 3.63) is 63.1 Å². The van der Waals surface area contributed by atoms with Gasteiger partial charge in [-0.05, 0) is 31.0 Å². The zero-order valence-electron chi connectivity index (χ0n) is 21.0. The lowest BCUT2D eigenvalue weighted by Crippen LogP contribution is -2.43. The Kier molecular flexibility index (Phi) is 6.42. The maximum atomic E-state index is 13.3. The van der Waals surface area contributed by atoms with Crippen molar-refractivity contribution in [2.75, 3.05) is 49.5 Å². The molecule has 6 rings (SSSR count). The molecule has 4 aromatic rings. The zero-order chi connectivity index (χ0) is 26.2. The number of imidazole rings is 1. The van der Waals surface area contributed by atoms with E-state index in [1.807, 2.05) is 11.0 Å². The fourth-order valence-electron chi connectivity index (χ4n) is 5.21. The molecule has 2 fully saturated rings. The van der Waals surface area contributed by atoms with Crippen molar-refractivity contribution in [2.45, 2.75) is 12.8 Å². The number of aryl methyl sites for hydroxylation is 1. The van der Waals surface area contributed by atoms with Crippen molar-refractivity contribution in [2.24, 2.45) is 7.05 Å². The Morgan fingerprint density at radius 1 is 1.08 bits per heavy atom. The van der Waals surface area contributed by atoms with Crippen LogP contribution >= 0.6 is 11.3 Å². The highest BCUT2D eigenvalue weighted by Gasteiger charge is 2.26. The summed E-state index contributed by atoms with van der Waals surface area (Å²) in [6, 6.07) is 7.23. The first kappa shape index (κ1) is 24.3. The first-order chi connectivity index (χ1) is 18.5. The molecule has 2 amide bonds. The summed E-state index contributed by atoms with van der Waals surface area (Å²) in [6.07, 6.45) is 5.32. The van der Waals surface area contributed by atoms with Gasteiger partial charge in [-0.15, -0.1) is 11.3 Å². The standard InChI is InChI=1S/C26H28N8O3S/c1-31-22-17(25(36)33-11-2-3-12-33)5-4-6-20(22)34(26(31)37)21-16-38-24(30-21)23(35)29-18-15-28-8-7-19(18)32-13-9-27-10-14-32/h4-8,15-16,27H,2-3,9-14H2,1H3,(H,29,35). The highest BCUT2D eigenvalue weighted by atomic mass is 32.1. The molecule has 5 heterocycles. The maximum absolute atomic E-state index is 13.3. The largest absolute Gasteiger partial charge is 0.367 e. The summed E-state index contributed by atoms with van der Waals surface area (Å²) in [5.74, 6) is -0.102. The minimum atomic E-state index is -0.371. The van der Waals surface area contributed by atoms with Crippen molar-refractivity contribution in [3.63, 3.8) is 0 Å². The highest BCUT2D eigenvalue weighted by molar-refractivity contribution is 7.12. The topological polar surface area (TPSA) is 117 Å². The van der Waals surface area contributed by atoms with Crippen LogP contribution in [0, 0.1) is 0 Å². The van der Waals surface area contributed by atoms with Crippen LogP contribution in [0.1, 0.15) is 33.0 Å². The number of hydrogen-bond donors (Lipinski definition) is 2. The van der Waals surface area contributed by atoms with Crippen LogP contribution in [0.25, 0.3) is 16.9 Å². The van der Waals surface area contributed by atoms with E-state index in [4.69, 9.17) is 0 Å². The fourth-order valence-corrected chi connectivity index (χ4v) is 5.89. The third-order valence-electron chi connectivity index (χ3n) is 7.11. The van der Waals surface area contributed by atoms with Crippen LogP contribution in [0.3, 0.4) is 0 Å². The molecule has 0 spiro atoms. The number of thiazole rings is 1. The quantitative estimate of drug-likeness (QED) is 0.404. The number of anilines is 2. The van der Waals surface area contributed by atoms with Gasteiger partial charge in [-0.1, -0.05) is 6.07 Å². The van der Waals surface area contributed by atoms with Gasteiger partial charge in [0.15, 0.2) is 10.8 Å². The van der Waals surface area contributed by atoms with E-state index in [9.17, 15) is 14.4 Å². The fraction of sp³-hybridized carbons (Fsp3) is 0.346. The molecule has 38 heavy (non-hydrogen) atoms. The summed E-state index contributed by atoms with van der Waals surface area (Å²) in [6.45, 7) is 4.86. The smallest absolute Gasteiger partial charge is 0.334 e. The number of carbonyl (C=O) groups is 2. The lowest BCUT2D eigenvalue weighted by molar-refractivity contribution is 0.0794. The van der Waals surface area contributed by atoms with Gasteiger partial charge in [0.05, 0.1) is 34.2 Å². The number of rotatable bonds is 5. The zero-order valence-corrected chi connectivity index (χ0v) is 21.8. The molecular formula is C26H28N8O3S. The van der Waals surface area contributed by atoms with Crippen molar-refractivity contribution in [1.29, 1.82) is 0 Å². The van der Waals surface area contributed by atoms with E-state index in [1.165, 1.54) is 9.13 Å². The predicted molar refractivity (Wildman–Crippen MR) is 147 cm³/mol. The molecule has 196 valence electrons. The summed E-state index contributed by atoms with van der Waals surface area (Å²) in [5.41, 5.74) is 2.83. The van der Waals surface area contributed by atoms with E-state index in [-0.39, 0.29) is 22.5 Å². The van der Waals surface area contributed by atoms with E-state index in [0.717, 1.165) is 69.1 Å². The first-order valence-electron chi connectivity index (χ1n) is 12.7. The third-order valence-corrected chi connectivity index (χ3v) is 7.94. The Bertz CT molecular complexity index is 1580. The summed E-state index contributed by atoms with van der Waals surface area (Å²) < 4.78 is 2.94. The summed E-state index contributed by atoms with van der Waals surface area (Å²) >= 11 is 1.16. The molecule has 0 radical (unpaired) electrons. The number of para-hydroxylation sites is 1. The Morgan fingerprint density at radius 3 is 2.66 bits per heavy atom. The van der Waals surface area contributed by atoms with Crippen LogP contribution in [0.2, 0.25) is 0 Å². The van der Waals surface area contributed by atoms with Crippen molar-refractivity contribution in [1.82, 2.24) is 29.3 Å². The van der Waals surface area contributed by atoms with Crippen LogP contribution in [0.15, 0.2) is 46.8 Å². The normalized spacial score (nSPS) is 15.8. The van der Waals surface area contributed by atoms with Crippen molar-refractivity contribution >= 4 is 45.6 Å². The molecule has 2 aliphatic heterocycles. The van der Waals surface area contributed by atoms with Gasteiger partial charge in [-0.25, -0.2) is 14.3 Å². The number of nitrogens with zero attached hydrogens (tertiary/aromatic N) is 6. The number of carbonyl (C=O) groups excluding carboxylic acids is 2. The van der Waals surface area contributed by atoms with E-state index < -0.39 is 0 Å². The number of piperazine rings is 1. The number of likely N-dealkylation sites (tertiary alicyclic amines) is 1. The summed E-state index contributed by atoms with van der Waals surface area (Å²) in [7, 11) is 1.65. The number of amides is 2. The molecule has 2 N–H and O–H groups in total. The number of hydrogen-bond acceptors (Lipinski definition) is 8. The number of benzene rings is 1. The molecule has 2 saturated heterocycles. The van der Waals surface area contributed by atoms with Crippen LogP contribution in [-0.4, -0.2) is 75.1 Å². The van der Waals surface area contributed by atoms with Crippen LogP contribution < -0.4 is 21.2 Å². The predicted octanol–water partition coefficient (Wildman–Crippen LogP) is 2.08. The highest BCUT2D eigenvalue weighted by Crippen LogP contribution is 2.27. The molecule has 12 heteroatoms. The van der Waals surface area contributed by atoms with Crippen LogP contribution in [-0.2, 0) is 7.05 Å². The second-order valence-corrected chi connectivity index (χ2v) is 10.3. The van der Waals surface area contributed by atoms with Gasteiger partial charge < -0.3 is 20.4 Å². The van der Waals surface area contributed by atoms with Crippen LogP contribution in [0.4, 0.5) is 11.4 Å². The molecule has 0 unspecified atom stereocenters. The van der Waals surface area contributed by atoms with Gasteiger partial charge >= 0.3 is 5.69 Å². The average Bonchev–Trinajstić information content (AvgIpc) is 3.70. The number of aromatic nitrogens is 4. The maximum Gasteiger partial charge on any atom is 0.334 e. The van der Waals surface area contributed by atoms with E-state index in [1.54, 1.807) is 43.0 Å². The van der Waals surface area contributed by atoms with Crippen LogP contribution in [0.5, 0.6) is 0 Å². The molecule has 0 saturated carbocycles. The van der Waals surface area contributed by atoms with Crippen molar-refractivity contribution < 1.29 is 9.59 Å². The van der Waals surface area contributed by atoms with Gasteiger partial charge in [0.1, 0.15) is 0 Å². The Hall–Kier alpha value is -4.03. The molecule has 3 aromatic heterocycles. The Balaban J connectivity index is 1.31. The van der Waals surface area contributed by atoms with E-state index in [0.29, 0.717) is 28.1 Å². The minimum absolute atomic E-state index is 0.0732. The second kappa shape index (κ2) is 10.0. The summed E-state index contributed by atoms with van der Waals surface area (Å²) in [4.78, 5) is 52.4. The van der Waals surface area contributed by atoms with Gasteiger partial charge in [0, 0.05) is 57.9 Å². The van der Waals surface area contributed by atoms with E-state index >= 15 is 0 Å². The van der Waals surface area contributed by atoms with Gasteiger partial charge in [0.2, 0.25) is 0 Å². The number of fused-ring (bicyclic) bond motifs is 1. The summed E-state index contributed by atoms with van der Waals surface area (Å²) in [5, 5.41) is 8.18. The Morgan fingerprint density at radius 2 is 1.87 bits per heavy atom. The van der Waals surface area contributed by atoms with Gasteiger partial charge in [-0.3, -0.25) is 19.1 Å². The van der Waals surface area contributed by atoms with Gasteiger partial charge in [0.25, 0.3) is 11.8 Å². The lowest BCUT2D eigenvalue weighted by Gasteiger charge is -2.30. The molecule has 11 nitrogen and oxygen atoms in total. The van der Waals surface area contributed by atoms with E-state index in [2.05, 4.69) is 25.5 Å². The molecule has 1 aromatic carbocycles. The molecule has 0 atom stereocenters. The minimum Gasteiger partial charge on any atom is -0.367 e. The number of nitrogens with one attached hydrogen (secondary N) is 2. The SMILES string of the molecule is Cn1c(=O)n(-c2csc(C(=O)Nc3cnccc3N3CCNCC3)n2)c2cccc(C(=O)N3CCCC3)c21. The number of pyridine rings is 1. The van der Waals surface area contributed by atoms with Crippen molar-refractivity contribution in [3.8, 4) is 5.82 Å². The molecule has 0 bridgehead atoms.